The molecule has 1 aliphatic rings. The van der Waals surface area contributed by atoms with Gasteiger partial charge in [0.2, 0.25) is 5.91 Å². The number of nitrogens with one attached hydrogen (secondary N) is 1. The molecule has 0 aromatic carbocycles. The van der Waals surface area contributed by atoms with Crippen molar-refractivity contribution >= 4 is 11.8 Å². The molecule has 0 bridgehead atoms. The quantitative estimate of drug-likeness (QED) is 0.460. The van der Waals surface area contributed by atoms with E-state index in [1.165, 1.54) is 6.26 Å². The molecular formula is C13H20N4O3. The Hall–Kier alpha value is -1.86. The van der Waals surface area contributed by atoms with Crippen LogP contribution >= 0.6 is 0 Å². The SMILES string of the molecule is CC(=O)N1CCCN(Cc2occc2C(=O)NN)CC1. The Morgan fingerprint density at radius 1 is 1.35 bits per heavy atom. The molecule has 1 aliphatic heterocycles. The van der Waals surface area contributed by atoms with Crippen LogP contribution in [0.25, 0.3) is 0 Å². The third kappa shape index (κ3) is 3.37. The Balaban J connectivity index is 1.98. The van der Waals surface area contributed by atoms with Crippen molar-refractivity contribution in [3.8, 4) is 0 Å². The zero-order valence-electron chi connectivity index (χ0n) is 11.6. The average molecular weight is 280 g/mol. The molecule has 0 unspecified atom stereocenters. The van der Waals surface area contributed by atoms with Crippen LogP contribution in [-0.2, 0) is 11.3 Å². The van der Waals surface area contributed by atoms with E-state index < -0.39 is 0 Å². The van der Waals surface area contributed by atoms with Crippen molar-refractivity contribution in [1.82, 2.24) is 15.2 Å². The Labute approximate surface area is 117 Å². The Bertz CT molecular complexity index is 486. The van der Waals surface area contributed by atoms with Gasteiger partial charge in [0, 0.05) is 33.1 Å². The lowest BCUT2D eigenvalue weighted by molar-refractivity contribution is -0.128. The first-order chi connectivity index (χ1) is 9.61. The van der Waals surface area contributed by atoms with E-state index in [0.29, 0.717) is 24.4 Å². The van der Waals surface area contributed by atoms with Crippen LogP contribution in [0.4, 0.5) is 0 Å². The molecule has 0 atom stereocenters. The largest absolute Gasteiger partial charge is 0.467 e. The van der Waals surface area contributed by atoms with E-state index in [1.807, 2.05) is 4.90 Å². The van der Waals surface area contributed by atoms with E-state index in [2.05, 4.69) is 10.3 Å². The van der Waals surface area contributed by atoms with Gasteiger partial charge in [-0.3, -0.25) is 19.9 Å². The number of rotatable bonds is 3. The van der Waals surface area contributed by atoms with Crippen LogP contribution in [-0.4, -0.2) is 47.8 Å². The molecule has 0 aliphatic carbocycles. The number of furan rings is 1. The van der Waals surface area contributed by atoms with Crippen LogP contribution in [0.15, 0.2) is 16.7 Å². The number of hydrogen-bond acceptors (Lipinski definition) is 5. The number of nitrogens with two attached hydrogens (primary N) is 1. The molecule has 0 saturated carbocycles. The normalized spacial score (nSPS) is 16.8. The van der Waals surface area contributed by atoms with Crippen molar-refractivity contribution < 1.29 is 14.0 Å². The lowest BCUT2D eigenvalue weighted by Crippen LogP contribution is -2.34. The van der Waals surface area contributed by atoms with E-state index >= 15 is 0 Å². The molecular weight excluding hydrogens is 260 g/mol. The molecule has 1 aromatic rings. The number of carbonyl (C=O) groups is 2. The van der Waals surface area contributed by atoms with Crippen LogP contribution in [0.1, 0.15) is 29.5 Å². The fourth-order valence-electron chi connectivity index (χ4n) is 2.39. The summed E-state index contributed by atoms with van der Waals surface area (Å²) in [6, 6.07) is 1.61. The predicted molar refractivity (Wildman–Crippen MR) is 72.5 cm³/mol. The lowest BCUT2D eigenvalue weighted by Gasteiger charge is -2.20. The van der Waals surface area contributed by atoms with Gasteiger partial charge in [-0.25, -0.2) is 5.84 Å². The minimum absolute atomic E-state index is 0.105. The molecule has 3 N–H and O–H groups in total. The van der Waals surface area contributed by atoms with Gasteiger partial charge in [0.1, 0.15) is 5.76 Å². The van der Waals surface area contributed by atoms with Crippen LogP contribution in [0.3, 0.4) is 0 Å². The molecule has 1 fully saturated rings. The fraction of sp³-hybridized carbons (Fsp3) is 0.538. The molecule has 2 heterocycles. The predicted octanol–water partition coefficient (Wildman–Crippen LogP) is -0.0627. The van der Waals surface area contributed by atoms with Crippen molar-refractivity contribution in [2.45, 2.75) is 19.9 Å². The van der Waals surface area contributed by atoms with E-state index in [0.717, 1.165) is 26.1 Å². The summed E-state index contributed by atoms with van der Waals surface area (Å²) >= 11 is 0. The molecule has 1 saturated heterocycles. The van der Waals surface area contributed by atoms with Crippen molar-refractivity contribution in [2.24, 2.45) is 5.84 Å². The summed E-state index contributed by atoms with van der Waals surface area (Å²) in [6.07, 6.45) is 2.40. The second-order valence-electron chi connectivity index (χ2n) is 4.87. The number of nitrogen functional groups attached to an aromatic ring is 1. The highest BCUT2D eigenvalue weighted by Gasteiger charge is 2.20. The van der Waals surface area contributed by atoms with E-state index in [9.17, 15) is 9.59 Å². The maximum atomic E-state index is 11.6. The van der Waals surface area contributed by atoms with Crippen molar-refractivity contribution in [1.29, 1.82) is 0 Å². The van der Waals surface area contributed by atoms with Gasteiger partial charge < -0.3 is 9.32 Å². The zero-order valence-corrected chi connectivity index (χ0v) is 11.6. The summed E-state index contributed by atoms with van der Waals surface area (Å²) in [4.78, 5) is 27.0. The molecule has 1 aromatic heterocycles. The smallest absolute Gasteiger partial charge is 0.268 e. The molecule has 0 radical (unpaired) electrons. The highest BCUT2D eigenvalue weighted by atomic mass is 16.3. The van der Waals surface area contributed by atoms with Crippen LogP contribution in [0.5, 0.6) is 0 Å². The zero-order chi connectivity index (χ0) is 14.5. The Kier molecular flexibility index (Phi) is 4.75. The fourth-order valence-corrected chi connectivity index (χ4v) is 2.39. The minimum atomic E-state index is -0.353. The first-order valence-electron chi connectivity index (χ1n) is 6.67. The molecule has 110 valence electrons. The summed E-state index contributed by atoms with van der Waals surface area (Å²) in [5.74, 6) is 5.50. The summed E-state index contributed by atoms with van der Waals surface area (Å²) < 4.78 is 5.37. The first kappa shape index (κ1) is 14.5. The summed E-state index contributed by atoms with van der Waals surface area (Å²) in [5, 5.41) is 0. The molecule has 20 heavy (non-hydrogen) atoms. The first-order valence-corrected chi connectivity index (χ1v) is 6.67. The standard InChI is InChI=1S/C13H20N4O3/c1-10(18)17-5-2-4-16(6-7-17)9-12-11(3-8-20-12)13(19)15-14/h3,8H,2,4-7,9,14H2,1H3,(H,15,19). The second kappa shape index (κ2) is 6.53. The van der Waals surface area contributed by atoms with Crippen LogP contribution in [0, 0.1) is 0 Å². The number of carbonyl (C=O) groups excluding carboxylic acids is 2. The van der Waals surface area contributed by atoms with Gasteiger partial charge >= 0.3 is 0 Å². The van der Waals surface area contributed by atoms with E-state index in [-0.39, 0.29) is 11.8 Å². The van der Waals surface area contributed by atoms with Gasteiger partial charge in [0.05, 0.1) is 18.4 Å². The minimum Gasteiger partial charge on any atom is -0.467 e. The Morgan fingerprint density at radius 3 is 2.85 bits per heavy atom. The van der Waals surface area contributed by atoms with Gasteiger partial charge in [-0.05, 0) is 12.5 Å². The van der Waals surface area contributed by atoms with Gasteiger partial charge in [-0.15, -0.1) is 0 Å². The number of hydrazine groups is 1. The summed E-state index contributed by atoms with van der Waals surface area (Å²) in [5.41, 5.74) is 2.57. The van der Waals surface area contributed by atoms with Gasteiger partial charge in [0.25, 0.3) is 5.91 Å². The van der Waals surface area contributed by atoms with Gasteiger partial charge in [-0.2, -0.15) is 0 Å². The highest BCUT2D eigenvalue weighted by molar-refractivity contribution is 5.94. The number of nitrogens with zero attached hydrogens (tertiary/aromatic N) is 2. The number of hydrogen-bond donors (Lipinski definition) is 2. The number of amides is 2. The molecule has 0 spiro atoms. The van der Waals surface area contributed by atoms with E-state index in [4.69, 9.17) is 10.3 Å². The maximum absolute atomic E-state index is 11.6. The summed E-state index contributed by atoms with van der Waals surface area (Å²) in [7, 11) is 0. The van der Waals surface area contributed by atoms with Crippen molar-refractivity contribution in [3.63, 3.8) is 0 Å². The van der Waals surface area contributed by atoms with Gasteiger partial charge in [-0.1, -0.05) is 0 Å². The third-order valence-electron chi connectivity index (χ3n) is 3.52. The molecule has 2 rings (SSSR count). The maximum Gasteiger partial charge on any atom is 0.268 e. The second-order valence-corrected chi connectivity index (χ2v) is 4.87. The molecule has 7 nitrogen and oxygen atoms in total. The van der Waals surface area contributed by atoms with Crippen molar-refractivity contribution in [2.75, 3.05) is 26.2 Å². The third-order valence-corrected chi connectivity index (χ3v) is 3.52. The lowest BCUT2D eigenvalue weighted by atomic mass is 10.2. The van der Waals surface area contributed by atoms with Crippen LogP contribution < -0.4 is 11.3 Å². The molecule has 7 heteroatoms. The van der Waals surface area contributed by atoms with E-state index in [1.54, 1.807) is 13.0 Å². The monoisotopic (exact) mass is 280 g/mol. The summed E-state index contributed by atoms with van der Waals surface area (Å²) in [6.45, 7) is 5.25. The van der Waals surface area contributed by atoms with Crippen LogP contribution in [0.2, 0.25) is 0 Å². The Morgan fingerprint density at radius 2 is 2.15 bits per heavy atom. The van der Waals surface area contributed by atoms with Gasteiger partial charge in [0.15, 0.2) is 0 Å². The topological polar surface area (TPSA) is 91.8 Å². The molecule has 2 amide bonds. The van der Waals surface area contributed by atoms with Crippen molar-refractivity contribution in [3.05, 3.63) is 23.7 Å². The highest BCUT2D eigenvalue weighted by Crippen LogP contribution is 2.15. The average Bonchev–Trinajstić information content (AvgIpc) is 2.75.